The van der Waals surface area contributed by atoms with E-state index >= 15 is 0 Å². The number of anilines is 3. The van der Waals surface area contributed by atoms with Gasteiger partial charge in [-0.15, -0.1) is 0 Å². The van der Waals surface area contributed by atoms with Crippen molar-refractivity contribution in [1.82, 2.24) is 4.57 Å². The monoisotopic (exact) mass is 662 g/mol. The number of hydrogen-bond donors (Lipinski definition) is 0. The minimum atomic E-state index is 1.09. The molecule has 0 N–H and O–H groups in total. The highest BCUT2D eigenvalue weighted by atomic mass is 15.1. The second kappa shape index (κ2) is 12.5. The van der Waals surface area contributed by atoms with Gasteiger partial charge in [-0.2, -0.15) is 0 Å². The van der Waals surface area contributed by atoms with E-state index in [9.17, 15) is 0 Å². The van der Waals surface area contributed by atoms with Gasteiger partial charge in [-0.1, -0.05) is 146 Å². The molecule has 0 spiro atoms. The maximum Gasteiger partial charge on any atom is 0.0541 e. The highest BCUT2D eigenvalue weighted by Gasteiger charge is 2.19. The summed E-state index contributed by atoms with van der Waals surface area (Å²) in [5.74, 6) is 0. The zero-order chi connectivity index (χ0) is 34.4. The lowest BCUT2D eigenvalue weighted by atomic mass is 9.90. The molecular weight excluding hydrogens is 629 g/mol. The molecule has 0 amide bonds. The van der Waals surface area contributed by atoms with Gasteiger partial charge in [0, 0.05) is 33.5 Å². The van der Waals surface area contributed by atoms with Crippen molar-refractivity contribution < 1.29 is 0 Å². The summed E-state index contributed by atoms with van der Waals surface area (Å²) in [5.41, 5.74) is 11.7. The molecule has 10 aromatic rings. The summed E-state index contributed by atoms with van der Waals surface area (Å²) >= 11 is 0. The molecule has 0 aliphatic carbocycles. The van der Waals surface area contributed by atoms with Gasteiger partial charge in [0.1, 0.15) is 0 Å². The van der Waals surface area contributed by atoms with Crippen molar-refractivity contribution in [1.29, 1.82) is 0 Å². The first-order valence-electron chi connectivity index (χ1n) is 17.9. The Kier molecular flexibility index (Phi) is 7.18. The van der Waals surface area contributed by atoms with Crippen LogP contribution in [0.2, 0.25) is 0 Å². The third kappa shape index (κ3) is 5.04. The Morgan fingerprint density at radius 2 is 0.865 bits per heavy atom. The average molecular weight is 663 g/mol. The van der Waals surface area contributed by atoms with E-state index in [0.29, 0.717) is 0 Å². The first kappa shape index (κ1) is 30.0. The molecule has 2 nitrogen and oxygen atoms in total. The van der Waals surface area contributed by atoms with Crippen molar-refractivity contribution >= 4 is 60.4 Å². The van der Waals surface area contributed by atoms with Crippen LogP contribution >= 0.6 is 0 Å². The molecule has 0 fully saturated rings. The summed E-state index contributed by atoms with van der Waals surface area (Å²) in [6.07, 6.45) is 0. The molecule has 0 bridgehead atoms. The van der Waals surface area contributed by atoms with Crippen LogP contribution in [-0.2, 0) is 0 Å². The van der Waals surface area contributed by atoms with Crippen molar-refractivity contribution in [3.8, 4) is 27.9 Å². The number of hydrogen-bond acceptors (Lipinski definition) is 1. The third-order valence-corrected chi connectivity index (χ3v) is 10.4. The van der Waals surface area contributed by atoms with Gasteiger partial charge in [0.15, 0.2) is 0 Å². The van der Waals surface area contributed by atoms with E-state index in [-0.39, 0.29) is 0 Å². The molecule has 10 rings (SSSR count). The maximum absolute atomic E-state index is 2.39. The first-order valence-corrected chi connectivity index (χ1v) is 17.9. The Balaban J connectivity index is 1.17. The van der Waals surface area contributed by atoms with Gasteiger partial charge < -0.3 is 9.47 Å². The summed E-state index contributed by atoms with van der Waals surface area (Å²) in [4.78, 5) is 2.39. The number of aromatic nitrogens is 1. The van der Waals surface area contributed by atoms with E-state index in [1.165, 1.54) is 65.6 Å². The van der Waals surface area contributed by atoms with Crippen molar-refractivity contribution in [2.45, 2.75) is 0 Å². The zero-order valence-electron chi connectivity index (χ0n) is 28.5. The Morgan fingerprint density at radius 1 is 0.308 bits per heavy atom. The van der Waals surface area contributed by atoms with Crippen LogP contribution in [0, 0.1) is 0 Å². The van der Waals surface area contributed by atoms with Crippen molar-refractivity contribution in [3.63, 3.8) is 0 Å². The lowest BCUT2D eigenvalue weighted by Gasteiger charge is -2.27. The molecule has 0 saturated heterocycles. The number of para-hydroxylation sites is 2. The third-order valence-electron chi connectivity index (χ3n) is 10.4. The molecule has 244 valence electrons. The van der Waals surface area contributed by atoms with Crippen LogP contribution in [0.15, 0.2) is 206 Å². The van der Waals surface area contributed by atoms with E-state index in [0.717, 1.165) is 22.7 Å². The van der Waals surface area contributed by atoms with E-state index < -0.39 is 0 Å². The first-order chi connectivity index (χ1) is 25.8. The number of rotatable bonds is 6. The second-order valence-corrected chi connectivity index (χ2v) is 13.4. The molecule has 52 heavy (non-hydrogen) atoms. The molecule has 1 aromatic heterocycles. The van der Waals surface area contributed by atoms with Crippen LogP contribution < -0.4 is 4.90 Å². The van der Waals surface area contributed by atoms with E-state index in [1.807, 2.05) is 0 Å². The topological polar surface area (TPSA) is 8.17 Å². The second-order valence-electron chi connectivity index (χ2n) is 13.4. The van der Waals surface area contributed by atoms with Crippen molar-refractivity contribution in [3.05, 3.63) is 206 Å². The van der Waals surface area contributed by atoms with E-state index in [2.05, 4.69) is 216 Å². The van der Waals surface area contributed by atoms with Gasteiger partial charge in [0.2, 0.25) is 0 Å². The molecule has 9 aromatic carbocycles. The lowest BCUT2D eigenvalue weighted by molar-refractivity contribution is 1.17. The van der Waals surface area contributed by atoms with Crippen LogP contribution in [-0.4, -0.2) is 4.57 Å². The fraction of sp³-hybridized carbons (Fsp3) is 0. The lowest BCUT2D eigenvalue weighted by Crippen LogP contribution is -2.10. The average Bonchev–Trinajstić information content (AvgIpc) is 3.56. The Hall–Kier alpha value is -6.90. The summed E-state index contributed by atoms with van der Waals surface area (Å²) < 4.78 is 2.38. The number of nitrogens with zero attached hydrogens (tertiary/aromatic N) is 2. The van der Waals surface area contributed by atoms with Gasteiger partial charge in [0.05, 0.1) is 11.0 Å². The van der Waals surface area contributed by atoms with Gasteiger partial charge in [0.25, 0.3) is 0 Å². The highest BCUT2D eigenvalue weighted by molar-refractivity contribution is 6.09. The van der Waals surface area contributed by atoms with Gasteiger partial charge in [-0.3, -0.25) is 0 Å². The van der Waals surface area contributed by atoms with E-state index in [1.54, 1.807) is 0 Å². The molecule has 0 aliphatic rings. The fourth-order valence-corrected chi connectivity index (χ4v) is 7.94. The molecular formula is C50H34N2. The summed E-state index contributed by atoms with van der Waals surface area (Å²) in [7, 11) is 0. The largest absolute Gasteiger partial charge is 0.310 e. The van der Waals surface area contributed by atoms with Crippen molar-refractivity contribution in [2.75, 3.05) is 4.90 Å². The predicted octanol–water partition coefficient (Wildman–Crippen LogP) is 13.9. The molecule has 0 radical (unpaired) electrons. The summed E-state index contributed by atoms with van der Waals surface area (Å²) in [6, 6.07) is 74.8. The molecule has 0 aliphatic heterocycles. The number of fused-ring (bicyclic) bond motifs is 5. The molecule has 0 unspecified atom stereocenters. The molecule has 0 saturated carbocycles. The SMILES string of the molecule is c1ccc(-c2cc(N(c3ccc(-n4c5ccccc5c5ccccc54)cc3)c3ccc4ccccc4c3)ccc2-c2cccc3ccccc23)cc1. The Labute approximate surface area is 303 Å². The number of benzene rings is 9. The molecule has 2 heteroatoms. The minimum Gasteiger partial charge on any atom is -0.310 e. The Bertz CT molecular complexity index is 2840. The van der Waals surface area contributed by atoms with Gasteiger partial charge in [-0.25, -0.2) is 0 Å². The highest BCUT2D eigenvalue weighted by Crippen LogP contribution is 2.43. The van der Waals surface area contributed by atoms with Crippen LogP contribution in [0.5, 0.6) is 0 Å². The standard InChI is InChI=1S/C50H34N2/c1-2-14-37(15-3-1)48-34-42(31-32-45(48)44-22-12-18-36-16-6-7-19-43(36)44)51(41-26-25-35-13-4-5-17-38(35)33-41)39-27-29-40(30-28-39)52-49-23-10-8-20-46(49)47-21-9-11-24-50(47)52/h1-34H. The molecule has 1 heterocycles. The maximum atomic E-state index is 2.39. The van der Waals surface area contributed by atoms with Crippen molar-refractivity contribution in [2.24, 2.45) is 0 Å². The van der Waals surface area contributed by atoms with Gasteiger partial charge in [-0.05, 0) is 104 Å². The van der Waals surface area contributed by atoms with Crippen LogP contribution in [0.1, 0.15) is 0 Å². The van der Waals surface area contributed by atoms with Crippen LogP contribution in [0.3, 0.4) is 0 Å². The van der Waals surface area contributed by atoms with Gasteiger partial charge >= 0.3 is 0 Å². The van der Waals surface area contributed by atoms with Crippen LogP contribution in [0.4, 0.5) is 17.1 Å². The summed E-state index contributed by atoms with van der Waals surface area (Å²) in [6.45, 7) is 0. The minimum absolute atomic E-state index is 1.09. The Morgan fingerprint density at radius 3 is 1.62 bits per heavy atom. The van der Waals surface area contributed by atoms with Crippen LogP contribution in [0.25, 0.3) is 71.3 Å². The quantitative estimate of drug-likeness (QED) is 0.172. The normalized spacial score (nSPS) is 11.5. The molecule has 0 atom stereocenters. The predicted molar refractivity (Wildman–Crippen MR) is 221 cm³/mol. The zero-order valence-corrected chi connectivity index (χ0v) is 28.5. The van der Waals surface area contributed by atoms with E-state index in [4.69, 9.17) is 0 Å². The fourth-order valence-electron chi connectivity index (χ4n) is 7.94. The summed E-state index contributed by atoms with van der Waals surface area (Å²) in [5, 5.41) is 7.46. The smallest absolute Gasteiger partial charge is 0.0541 e.